The van der Waals surface area contributed by atoms with E-state index in [4.69, 9.17) is 23.8 Å². The lowest BCUT2D eigenvalue weighted by Crippen LogP contribution is -2.45. The van der Waals surface area contributed by atoms with Crippen molar-refractivity contribution >= 4 is 84.8 Å². The predicted molar refractivity (Wildman–Crippen MR) is 120 cm³/mol. The molecule has 146 valence electrons. The number of fused-ring (bicyclic) bond motifs is 1. The van der Waals surface area contributed by atoms with Gasteiger partial charge in [0.05, 0.1) is 16.2 Å². The minimum absolute atomic E-state index is 0.131. The molecule has 0 aliphatic carbocycles. The maximum atomic E-state index is 13.0. The zero-order valence-electron chi connectivity index (χ0n) is 14.7. The lowest BCUT2D eigenvalue weighted by molar-refractivity contribution is -0.124. The van der Waals surface area contributed by atoms with Gasteiger partial charge in [0, 0.05) is 27.7 Å². The van der Waals surface area contributed by atoms with Crippen molar-refractivity contribution in [3.63, 3.8) is 0 Å². The number of thiocarbonyl (C=S) groups is 1. The van der Waals surface area contributed by atoms with Crippen molar-refractivity contribution in [2.24, 2.45) is 0 Å². The number of benzene rings is 2. The Balaban J connectivity index is 1.69. The molecule has 1 fully saturated rings. The molecule has 3 amide bonds. The number of amides is 3. The number of hydrogen-bond donors (Lipinski definition) is 1. The molecule has 2 aliphatic rings. The molecule has 0 atom stereocenters. The summed E-state index contributed by atoms with van der Waals surface area (Å²) >= 11 is 15.6. The zero-order chi connectivity index (χ0) is 20.9. The Morgan fingerprint density at radius 3 is 2.66 bits per heavy atom. The third kappa shape index (κ3) is 3.48. The topological polar surface area (TPSA) is 69.7 Å². The number of likely N-dealkylation sites (N-methyl/N-ethyl adjacent to an activating group) is 1. The Labute approximate surface area is 189 Å². The number of nitrogens with one attached hydrogen (secondary N) is 1. The molecule has 6 nitrogen and oxygen atoms in total. The molecule has 4 rings (SSSR count). The van der Waals surface area contributed by atoms with Crippen molar-refractivity contribution in [3.05, 3.63) is 68.0 Å². The first-order valence-electron chi connectivity index (χ1n) is 8.23. The molecule has 2 heterocycles. The number of halogens is 2. The highest BCUT2D eigenvalue weighted by atomic mass is 79.9. The van der Waals surface area contributed by atoms with Crippen LogP contribution in [0.2, 0.25) is 5.02 Å². The molecule has 0 aromatic heterocycles. The van der Waals surface area contributed by atoms with E-state index < -0.39 is 11.8 Å². The Bertz CT molecular complexity index is 1150. The Morgan fingerprint density at radius 1 is 1.17 bits per heavy atom. The summed E-state index contributed by atoms with van der Waals surface area (Å²) in [4.78, 5) is 40.0. The molecule has 0 radical (unpaired) electrons. The summed E-state index contributed by atoms with van der Waals surface area (Å²) in [6, 6.07) is 11.7. The molecule has 1 saturated heterocycles. The first-order chi connectivity index (χ1) is 13.8. The second-order valence-electron chi connectivity index (χ2n) is 6.19. The van der Waals surface area contributed by atoms with Gasteiger partial charge in [-0.25, -0.2) is 0 Å². The van der Waals surface area contributed by atoms with Gasteiger partial charge in [0.1, 0.15) is 0 Å². The molecule has 2 aromatic carbocycles. The maximum absolute atomic E-state index is 13.0. The Hall–Kier alpha value is -2.20. The summed E-state index contributed by atoms with van der Waals surface area (Å²) in [5.74, 6) is -1.40. The van der Waals surface area contributed by atoms with Crippen molar-refractivity contribution in [2.45, 2.75) is 0 Å². The van der Waals surface area contributed by atoms with Gasteiger partial charge in [-0.15, -0.1) is 0 Å². The summed E-state index contributed by atoms with van der Waals surface area (Å²) in [6.45, 7) is 0. The molecule has 2 aromatic rings. The van der Waals surface area contributed by atoms with Gasteiger partial charge in [0.2, 0.25) is 0 Å². The quantitative estimate of drug-likeness (QED) is 0.491. The number of rotatable bonds is 2. The highest BCUT2D eigenvalue weighted by molar-refractivity contribution is 9.10. The van der Waals surface area contributed by atoms with E-state index in [0.717, 1.165) is 21.2 Å². The fraction of sp³-hybridized carbons (Fsp3) is 0.0526. The molecule has 0 unspecified atom stereocenters. The molecule has 0 spiro atoms. The van der Waals surface area contributed by atoms with Crippen LogP contribution in [0.1, 0.15) is 15.9 Å². The van der Waals surface area contributed by atoms with E-state index in [1.54, 1.807) is 37.4 Å². The van der Waals surface area contributed by atoms with Crippen LogP contribution in [0.15, 0.2) is 51.8 Å². The van der Waals surface area contributed by atoms with Crippen LogP contribution in [0.5, 0.6) is 0 Å². The van der Waals surface area contributed by atoms with Crippen LogP contribution in [0.4, 0.5) is 5.69 Å². The summed E-state index contributed by atoms with van der Waals surface area (Å²) < 4.78 is 0.911. The number of thioether (sulfide) groups is 1. The van der Waals surface area contributed by atoms with Gasteiger partial charge >= 0.3 is 0 Å². The van der Waals surface area contributed by atoms with Gasteiger partial charge in [-0.2, -0.15) is 5.01 Å². The molecule has 1 N–H and O–H groups in total. The summed E-state index contributed by atoms with van der Waals surface area (Å²) in [5.41, 5.74) is 4.37. The lowest BCUT2D eigenvalue weighted by atomic mass is 10.1. The Kier molecular flexibility index (Phi) is 5.24. The van der Waals surface area contributed by atoms with E-state index in [1.165, 1.54) is 11.0 Å². The van der Waals surface area contributed by atoms with Gasteiger partial charge in [0.25, 0.3) is 17.7 Å². The van der Waals surface area contributed by atoms with E-state index >= 15 is 0 Å². The number of anilines is 1. The number of hydrazine groups is 1. The fourth-order valence-corrected chi connectivity index (χ4v) is 4.83. The van der Waals surface area contributed by atoms with Crippen LogP contribution in [-0.4, -0.2) is 34.1 Å². The van der Waals surface area contributed by atoms with Gasteiger partial charge in [-0.1, -0.05) is 45.4 Å². The van der Waals surface area contributed by atoms with Crippen LogP contribution < -0.4 is 10.3 Å². The molecule has 2 aliphatic heterocycles. The molecular weight excluding hydrogens is 498 g/mol. The van der Waals surface area contributed by atoms with E-state index in [0.29, 0.717) is 16.3 Å². The van der Waals surface area contributed by atoms with E-state index in [1.807, 2.05) is 6.07 Å². The first kappa shape index (κ1) is 20.1. The first-order valence-corrected chi connectivity index (χ1v) is 10.6. The highest BCUT2D eigenvalue weighted by Gasteiger charge is 2.42. The second kappa shape index (κ2) is 7.56. The van der Waals surface area contributed by atoms with Crippen molar-refractivity contribution in [1.82, 2.24) is 10.4 Å². The summed E-state index contributed by atoms with van der Waals surface area (Å²) in [5, 5.41) is 1.38. The van der Waals surface area contributed by atoms with E-state index in [-0.39, 0.29) is 26.3 Å². The largest absolute Gasteiger partial charge is 0.311 e. The minimum Gasteiger partial charge on any atom is -0.311 e. The second-order valence-corrected chi connectivity index (χ2v) is 9.19. The van der Waals surface area contributed by atoms with E-state index in [9.17, 15) is 14.4 Å². The van der Waals surface area contributed by atoms with Gasteiger partial charge < -0.3 is 4.90 Å². The fourth-order valence-electron chi connectivity index (χ4n) is 3.02. The Morgan fingerprint density at radius 2 is 1.93 bits per heavy atom. The third-order valence-electron chi connectivity index (χ3n) is 4.40. The van der Waals surface area contributed by atoms with Crippen molar-refractivity contribution in [1.29, 1.82) is 0 Å². The SMILES string of the molecule is CN1C(=O)C(=C2SC(=S)N(NC(=O)c3cccc(Cl)c3)C2=O)c2cc(Br)ccc21. The lowest BCUT2D eigenvalue weighted by Gasteiger charge is -2.15. The van der Waals surface area contributed by atoms with Crippen LogP contribution >= 0.6 is 51.5 Å². The van der Waals surface area contributed by atoms with Gasteiger partial charge in [0.15, 0.2) is 4.32 Å². The van der Waals surface area contributed by atoms with Crippen molar-refractivity contribution in [2.75, 3.05) is 11.9 Å². The van der Waals surface area contributed by atoms with Crippen molar-refractivity contribution in [3.8, 4) is 0 Å². The average Bonchev–Trinajstić information content (AvgIpc) is 3.09. The predicted octanol–water partition coefficient (Wildman–Crippen LogP) is 4.00. The third-order valence-corrected chi connectivity index (χ3v) is 6.51. The van der Waals surface area contributed by atoms with Crippen molar-refractivity contribution < 1.29 is 14.4 Å². The molecule has 0 saturated carbocycles. The normalized spacial score (nSPS) is 18.5. The molecule has 29 heavy (non-hydrogen) atoms. The maximum Gasteiger partial charge on any atom is 0.286 e. The standard InChI is InChI=1S/C19H11BrClN3O3S2/c1-23-13-6-5-10(20)8-12(13)14(17(23)26)15-18(27)24(19(28)29-15)22-16(25)9-3-2-4-11(21)7-9/h2-8H,1H3,(H,22,25). The number of carbonyl (C=O) groups excluding carboxylic acids is 3. The molecular formula is C19H11BrClN3O3S2. The number of carbonyl (C=O) groups is 3. The van der Waals surface area contributed by atoms with Gasteiger partial charge in [-0.05, 0) is 48.6 Å². The summed E-state index contributed by atoms with van der Waals surface area (Å²) in [7, 11) is 1.64. The number of nitrogens with zero attached hydrogens (tertiary/aromatic N) is 2. The van der Waals surface area contributed by atoms with Crippen LogP contribution in [0.3, 0.4) is 0 Å². The molecule has 0 bridgehead atoms. The van der Waals surface area contributed by atoms with Crippen LogP contribution in [0, 0.1) is 0 Å². The molecule has 10 heteroatoms. The summed E-state index contributed by atoms with van der Waals surface area (Å²) in [6.07, 6.45) is 0. The van der Waals surface area contributed by atoms with Gasteiger partial charge in [-0.3, -0.25) is 19.8 Å². The van der Waals surface area contributed by atoms with Crippen LogP contribution in [-0.2, 0) is 9.59 Å². The smallest absolute Gasteiger partial charge is 0.286 e. The number of hydrogen-bond acceptors (Lipinski definition) is 5. The monoisotopic (exact) mass is 507 g/mol. The zero-order valence-corrected chi connectivity index (χ0v) is 18.7. The minimum atomic E-state index is -0.556. The highest BCUT2D eigenvalue weighted by Crippen LogP contribution is 2.44. The average molecular weight is 509 g/mol. The van der Waals surface area contributed by atoms with E-state index in [2.05, 4.69) is 21.4 Å². The van der Waals surface area contributed by atoms with Crippen LogP contribution in [0.25, 0.3) is 5.57 Å².